The number of nitrogens with one attached hydrogen (secondary N) is 1. The summed E-state index contributed by atoms with van der Waals surface area (Å²) < 4.78 is 5.29. The maximum atomic E-state index is 11.7. The summed E-state index contributed by atoms with van der Waals surface area (Å²) in [6.07, 6.45) is 2.91. The molecule has 0 unspecified atom stereocenters. The van der Waals surface area contributed by atoms with Crippen LogP contribution in [0.5, 0.6) is 0 Å². The van der Waals surface area contributed by atoms with E-state index in [0.29, 0.717) is 11.4 Å². The molecule has 1 aromatic heterocycles. The molecular formula is C15H13NO4. The molecule has 0 atom stereocenters. The first-order valence-corrected chi connectivity index (χ1v) is 5.93. The summed E-state index contributed by atoms with van der Waals surface area (Å²) in [6.45, 7) is 1.82. The van der Waals surface area contributed by atoms with Crippen molar-refractivity contribution in [2.75, 3.05) is 5.32 Å². The summed E-state index contributed by atoms with van der Waals surface area (Å²) in [5, 5.41) is 11.4. The lowest BCUT2D eigenvalue weighted by molar-refractivity contribution is -0.111. The lowest BCUT2D eigenvalue weighted by Crippen LogP contribution is -2.07. The van der Waals surface area contributed by atoms with Crippen LogP contribution in [-0.4, -0.2) is 17.0 Å². The van der Waals surface area contributed by atoms with Gasteiger partial charge < -0.3 is 14.8 Å². The molecule has 2 aromatic rings. The first-order valence-electron chi connectivity index (χ1n) is 5.93. The van der Waals surface area contributed by atoms with Crippen LogP contribution in [0, 0.1) is 6.92 Å². The number of benzene rings is 1. The molecule has 0 saturated carbocycles. The summed E-state index contributed by atoms with van der Waals surface area (Å²) in [4.78, 5) is 22.3. The SMILES string of the molecule is Cc1ccc(/C=C/C(=O)Nc2ccc(C(=O)O)cc2)o1. The van der Waals surface area contributed by atoms with Crippen LogP contribution >= 0.6 is 0 Å². The molecule has 2 N–H and O–H groups in total. The van der Waals surface area contributed by atoms with Crippen molar-refractivity contribution in [2.24, 2.45) is 0 Å². The number of hydrogen-bond donors (Lipinski definition) is 2. The smallest absolute Gasteiger partial charge is 0.335 e. The molecule has 0 spiro atoms. The fourth-order valence-electron chi connectivity index (χ4n) is 1.58. The fraction of sp³-hybridized carbons (Fsp3) is 0.0667. The van der Waals surface area contributed by atoms with Crippen molar-refractivity contribution in [2.45, 2.75) is 6.92 Å². The third kappa shape index (κ3) is 3.58. The number of hydrogen-bond acceptors (Lipinski definition) is 3. The molecule has 0 bridgehead atoms. The van der Waals surface area contributed by atoms with E-state index in [1.807, 2.05) is 13.0 Å². The minimum Gasteiger partial charge on any atom is -0.478 e. The van der Waals surface area contributed by atoms with Crippen LogP contribution in [0.3, 0.4) is 0 Å². The van der Waals surface area contributed by atoms with Gasteiger partial charge in [-0.3, -0.25) is 4.79 Å². The van der Waals surface area contributed by atoms with E-state index in [9.17, 15) is 9.59 Å². The van der Waals surface area contributed by atoms with E-state index in [0.717, 1.165) is 5.76 Å². The summed E-state index contributed by atoms with van der Waals surface area (Å²) in [5.74, 6) is 0.0475. The minimum atomic E-state index is -1.00. The van der Waals surface area contributed by atoms with E-state index < -0.39 is 5.97 Å². The lowest BCUT2D eigenvalue weighted by Gasteiger charge is -2.02. The second kappa shape index (κ2) is 5.88. The van der Waals surface area contributed by atoms with Gasteiger partial charge >= 0.3 is 5.97 Å². The Morgan fingerprint density at radius 2 is 1.85 bits per heavy atom. The highest BCUT2D eigenvalue weighted by atomic mass is 16.4. The maximum absolute atomic E-state index is 11.7. The highest BCUT2D eigenvalue weighted by molar-refractivity contribution is 6.02. The van der Waals surface area contributed by atoms with Crippen LogP contribution in [0.2, 0.25) is 0 Å². The highest BCUT2D eigenvalue weighted by Crippen LogP contribution is 2.11. The summed E-state index contributed by atoms with van der Waals surface area (Å²) in [5.41, 5.74) is 0.699. The van der Waals surface area contributed by atoms with Crippen LogP contribution < -0.4 is 5.32 Å². The molecule has 0 radical (unpaired) electrons. The van der Waals surface area contributed by atoms with Gasteiger partial charge in [-0.15, -0.1) is 0 Å². The van der Waals surface area contributed by atoms with E-state index >= 15 is 0 Å². The van der Waals surface area contributed by atoms with Gasteiger partial charge in [0.15, 0.2) is 0 Å². The third-order valence-electron chi connectivity index (χ3n) is 2.56. The van der Waals surface area contributed by atoms with Crippen molar-refractivity contribution in [3.8, 4) is 0 Å². The fourth-order valence-corrected chi connectivity index (χ4v) is 1.58. The van der Waals surface area contributed by atoms with E-state index in [1.54, 1.807) is 12.1 Å². The number of carboxylic acids is 1. The van der Waals surface area contributed by atoms with Crippen molar-refractivity contribution in [3.05, 3.63) is 59.6 Å². The number of rotatable bonds is 4. The largest absolute Gasteiger partial charge is 0.478 e. The first-order chi connectivity index (χ1) is 9.54. The monoisotopic (exact) mass is 271 g/mol. The van der Waals surface area contributed by atoms with Gasteiger partial charge in [0.25, 0.3) is 0 Å². The Balaban J connectivity index is 1.97. The quantitative estimate of drug-likeness (QED) is 0.838. The van der Waals surface area contributed by atoms with Gasteiger partial charge in [0.05, 0.1) is 5.56 Å². The average Bonchev–Trinajstić information content (AvgIpc) is 2.83. The van der Waals surface area contributed by atoms with Crippen molar-refractivity contribution in [1.82, 2.24) is 0 Å². The number of aromatic carboxylic acids is 1. The van der Waals surface area contributed by atoms with Crippen LogP contribution in [-0.2, 0) is 4.79 Å². The Morgan fingerprint density at radius 3 is 2.40 bits per heavy atom. The lowest BCUT2D eigenvalue weighted by atomic mass is 10.2. The molecular weight excluding hydrogens is 258 g/mol. The Morgan fingerprint density at radius 1 is 1.15 bits per heavy atom. The van der Waals surface area contributed by atoms with Crippen molar-refractivity contribution in [3.63, 3.8) is 0 Å². The molecule has 1 heterocycles. The Hall–Kier alpha value is -2.82. The number of amides is 1. The molecule has 0 aliphatic carbocycles. The topological polar surface area (TPSA) is 79.5 Å². The molecule has 5 heteroatoms. The first kappa shape index (κ1) is 13.6. The number of carboxylic acid groups (broad SMARTS) is 1. The molecule has 5 nitrogen and oxygen atoms in total. The molecule has 1 aromatic carbocycles. The molecule has 102 valence electrons. The van der Waals surface area contributed by atoms with Gasteiger partial charge in [-0.2, -0.15) is 0 Å². The normalized spacial score (nSPS) is 10.7. The number of aryl methyl sites for hydroxylation is 1. The summed E-state index contributed by atoms with van der Waals surface area (Å²) in [6, 6.07) is 9.50. The Bertz CT molecular complexity index is 653. The van der Waals surface area contributed by atoms with Gasteiger partial charge in [-0.25, -0.2) is 4.79 Å². The number of carbonyl (C=O) groups is 2. The number of anilines is 1. The van der Waals surface area contributed by atoms with E-state index in [4.69, 9.17) is 9.52 Å². The predicted octanol–water partition coefficient (Wildman–Crippen LogP) is 2.94. The van der Waals surface area contributed by atoms with Crippen LogP contribution in [0.1, 0.15) is 21.9 Å². The molecule has 20 heavy (non-hydrogen) atoms. The molecule has 1 amide bonds. The summed E-state index contributed by atoms with van der Waals surface area (Å²) >= 11 is 0. The number of carbonyl (C=O) groups excluding carboxylic acids is 1. The van der Waals surface area contributed by atoms with Crippen LogP contribution in [0.4, 0.5) is 5.69 Å². The zero-order valence-electron chi connectivity index (χ0n) is 10.8. The van der Waals surface area contributed by atoms with E-state index in [2.05, 4.69) is 5.32 Å². The third-order valence-corrected chi connectivity index (χ3v) is 2.56. The van der Waals surface area contributed by atoms with Crippen molar-refractivity contribution in [1.29, 1.82) is 0 Å². The summed E-state index contributed by atoms with van der Waals surface area (Å²) in [7, 11) is 0. The Labute approximate surface area is 115 Å². The highest BCUT2D eigenvalue weighted by Gasteiger charge is 2.03. The molecule has 0 aliphatic rings. The minimum absolute atomic E-state index is 0.171. The van der Waals surface area contributed by atoms with E-state index in [-0.39, 0.29) is 11.5 Å². The van der Waals surface area contributed by atoms with Gasteiger partial charge in [-0.1, -0.05) is 0 Å². The molecule has 0 fully saturated rings. The van der Waals surface area contributed by atoms with Crippen molar-refractivity contribution < 1.29 is 19.1 Å². The van der Waals surface area contributed by atoms with Gasteiger partial charge in [0, 0.05) is 11.8 Å². The van der Waals surface area contributed by atoms with Gasteiger partial charge in [-0.05, 0) is 49.4 Å². The zero-order valence-corrected chi connectivity index (χ0v) is 10.8. The molecule has 0 aliphatic heterocycles. The van der Waals surface area contributed by atoms with E-state index in [1.165, 1.54) is 30.3 Å². The average molecular weight is 271 g/mol. The van der Waals surface area contributed by atoms with Crippen molar-refractivity contribution >= 4 is 23.6 Å². The molecule has 2 rings (SSSR count). The number of furan rings is 1. The maximum Gasteiger partial charge on any atom is 0.335 e. The second-order valence-electron chi connectivity index (χ2n) is 4.15. The van der Waals surface area contributed by atoms with Crippen LogP contribution in [0.15, 0.2) is 46.9 Å². The standard InChI is InChI=1S/C15H13NO4/c1-10-2-7-13(20-10)8-9-14(17)16-12-5-3-11(4-6-12)15(18)19/h2-9H,1H3,(H,16,17)(H,18,19)/b9-8+. The predicted molar refractivity (Wildman–Crippen MR) is 74.5 cm³/mol. The van der Waals surface area contributed by atoms with Crippen LogP contribution in [0.25, 0.3) is 6.08 Å². The Kier molecular flexibility index (Phi) is 4.00. The van der Waals surface area contributed by atoms with Gasteiger partial charge in [0.2, 0.25) is 5.91 Å². The van der Waals surface area contributed by atoms with Gasteiger partial charge in [0.1, 0.15) is 11.5 Å². The molecule has 0 saturated heterocycles. The zero-order chi connectivity index (χ0) is 14.5. The second-order valence-corrected chi connectivity index (χ2v) is 4.15.